The number of rotatable bonds is 2. The maximum absolute atomic E-state index is 13.6. The van der Waals surface area contributed by atoms with Gasteiger partial charge in [0.25, 0.3) is 0 Å². The average molecular weight is 436 g/mol. The van der Waals surface area contributed by atoms with Gasteiger partial charge >= 0.3 is 6.03 Å². The van der Waals surface area contributed by atoms with E-state index in [-0.39, 0.29) is 6.03 Å². The largest absolute Gasteiger partial charge is 0.341 e. The first-order valence-electron chi connectivity index (χ1n) is 10.7. The highest BCUT2D eigenvalue weighted by Gasteiger charge is 2.28. The molecule has 0 spiro atoms. The number of para-hydroxylation sites is 3. The predicted octanol–water partition coefficient (Wildman–Crippen LogP) is 7.65. The van der Waals surface area contributed by atoms with Gasteiger partial charge in [0, 0.05) is 43.8 Å². The Labute approximate surface area is 190 Å². The molecule has 156 valence electrons. The Bertz CT molecular complexity index is 1460. The maximum atomic E-state index is 13.6. The highest BCUT2D eigenvalue weighted by molar-refractivity contribution is 7.99. The van der Waals surface area contributed by atoms with E-state index < -0.39 is 0 Å². The van der Waals surface area contributed by atoms with E-state index in [1.165, 1.54) is 16.4 Å². The highest BCUT2D eigenvalue weighted by Crippen LogP contribution is 2.48. The van der Waals surface area contributed by atoms with Gasteiger partial charge in [0.15, 0.2) is 0 Å². The summed E-state index contributed by atoms with van der Waals surface area (Å²) in [6.45, 7) is 3.06. The van der Waals surface area contributed by atoms with Gasteiger partial charge in [0.1, 0.15) is 0 Å². The van der Waals surface area contributed by atoms with Crippen molar-refractivity contribution in [2.45, 2.75) is 23.3 Å². The van der Waals surface area contributed by atoms with Crippen molar-refractivity contribution in [3.05, 3.63) is 91.0 Å². The van der Waals surface area contributed by atoms with Crippen molar-refractivity contribution in [2.24, 2.45) is 0 Å². The number of carbonyl (C=O) groups is 1. The first-order valence-corrected chi connectivity index (χ1v) is 11.5. The Hall–Kier alpha value is -3.70. The smallest absolute Gasteiger partial charge is 0.331 e. The molecule has 2 heterocycles. The quantitative estimate of drug-likeness (QED) is 0.309. The summed E-state index contributed by atoms with van der Waals surface area (Å²) in [7, 11) is 0. The summed E-state index contributed by atoms with van der Waals surface area (Å²) in [6, 6.07) is 30.5. The number of amides is 2. The second-order valence-electron chi connectivity index (χ2n) is 7.80. The lowest BCUT2D eigenvalue weighted by Crippen LogP contribution is -2.32. The zero-order valence-corrected chi connectivity index (χ0v) is 18.4. The van der Waals surface area contributed by atoms with Gasteiger partial charge in [-0.2, -0.15) is 0 Å². The third-order valence-corrected chi connectivity index (χ3v) is 7.11. The number of nitrogens with zero attached hydrogens (tertiary/aromatic N) is 2. The molecule has 2 amide bonds. The molecule has 4 nitrogen and oxygen atoms in total. The summed E-state index contributed by atoms with van der Waals surface area (Å²) < 4.78 is 2.31. The van der Waals surface area contributed by atoms with E-state index in [9.17, 15) is 4.79 Å². The van der Waals surface area contributed by atoms with Gasteiger partial charge in [-0.05, 0) is 55.5 Å². The van der Waals surface area contributed by atoms with E-state index in [1.54, 1.807) is 16.7 Å². The summed E-state index contributed by atoms with van der Waals surface area (Å²) in [4.78, 5) is 17.5. The van der Waals surface area contributed by atoms with Gasteiger partial charge in [-0.15, -0.1) is 0 Å². The maximum Gasteiger partial charge on any atom is 0.331 e. The minimum atomic E-state index is -0.163. The molecular weight excluding hydrogens is 414 g/mol. The molecule has 0 atom stereocenters. The van der Waals surface area contributed by atoms with E-state index >= 15 is 0 Å². The molecule has 0 unspecified atom stereocenters. The van der Waals surface area contributed by atoms with E-state index in [0.29, 0.717) is 0 Å². The fourth-order valence-electron chi connectivity index (χ4n) is 4.57. The van der Waals surface area contributed by atoms with Crippen molar-refractivity contribution in [1.29, 1.82) is 0 Å². The lowest BCUT2D eigenvalue weighted by Gasteiger charge is -2.31. The normalized spacial score (nSPS) is 12.6. The fourth-order valence-corrected chi connectivity index (χ4v) is 5.63. The molecular formula is C27H21N3OS. The SMILES string of the molecule is CCn1c2ccccc2c2cc(NC(=O)N3c4ccccc4Sc4ccccc43)ccc21. The van der Waals surface area contributed by atoms with Crippen LogP contribution >= 0.6 is 11.8 Å². The number of carbonyl (C=O) groups excluding carboxylic acids is 1. The van der Waals surface area contributed by atoms with Crippen LogP contribution in [0.3, 0.4) is 0 Å². The van der Waals surface area contributed by atoms with Crippen molar-refractivity contribution in [1.82, 2.24) is 4.57 Å². The zero-order valence-electron chi connectivity index (χ0n) is 17.6. The molecule has 6 rings (SSSR count). The molecule has 0 fully saturated rings. The molecule has 0 bridgehead atoms. The molecule has 1 aliphatic rings. The lowest BCUT2D eigenvalue weighted by atomic mass is 10.1. The lowest BCUT2D eigenvalue weighted by molar-refractivity contribution is 0.259. The Morgan fingerprint density at radius 3 is 2.12 bits per heavy atom. The molecule has 5 heteroatoms. The molecule has 5 aromatic rings. The van der Waals surface area contributed by atoms with Crippen molar-refractivity contribution in [2.75, 3.05) is 10.2 Å². The number of nitrogens with one attached hydrogen (secondary N) is 1. The molecule has 4 aromatic carbocycles. The molecule has 0 saturated carbocycles. The molecule has 0 aliphatic carbocycles. The first kappa shape index (κ1) is 19.0. The number of aromatic nitrogens is 1. The minimum absolute atomic E-state index is 0.163. The monoisotopic (exact) mass is 435 g/mol. The summed E-state index contributed by atoms with van der Waals surface area (Å²) in [5, 5.41) is 5.49. The highest BCUT2D eigenvalue weighted by atomic mass is 32.2. The molecule has 0 radical (unpaired) electrons. The van der Waals surface area contributed by atoms with Gasteiger partial charge in [0.05, 0.1) is 11.4 Å². The number of urea groups is 1. The van der Waals surface area contributed by atoms with Crippen LogP contribution in [0.15, 0.2) is 101 Å². The Balaban J connectivity index is 1.42. The van der Waals surface area contributed by atoms with Crippen LogP contribution in [-0.2, 0) is 6.54 Å². The standard InChI is InChI=1S/C27H21N3OS/c1-2-29-21-10-4-3-9-19(21)20-17-18(15-16-22(20)29)28-27(31)30-23-11-5-7-13-25(23)32-26-14-8-6-12-24(26)30/h3-17H,2H2,1H3,(H,28,31). The van der Waals surface area contributed by atoms with E-state index in [4.69, 9.17) is 0 Å². The number of aryl methyl sites for hydroxylation is 1. The molecule has 1 aromatic heterocycles. The van der Waals surface area contributed by atoms with Gasteiger partial charge in [-0.25, -0.2) is 4.79 Å². The van der Waals surface area contributed by atoms with Gasteiger partial charge in [-0.3, -0.25) is 4.90 Å². The number of benzene rings is 4. The van der Waals surface area contributed by atoms with Crippen LogP contribution in [0.25, 0.3) is 21.8 Å². The predicted molar refractivity (Wildman–Crippen MR) is 133 cm³/mol. The average Bonchev–Trinajstić information content (AvgIpc) is 3.15. The van der Waals surface area contributed by atoms with Gasteiger partial charge < -0.3 is 9.88 Å². The summed E-state index contributed by atoms with van der Waals surface area (Å²) >= 11 is 1.69. The van der Waals surface area contributed by atoms with Gasteiger partial charge in [-0.1, -0.05) is 54.2 Å². The third-order valence-electron chi connectivity index (χ3n) is 5.98. The summed E-state index contributed by atoms with van der Waals surface area (Å²) in [5.74, 6) is 0. The number of anilines is 3. The zero-order chi connectivity index (χ0) is 21.7. The molecule has 32 heavy (non-hydrogen) atoms. The van der Waals surface area contributed by atoms with Crippen molar-refractivity contribution in [3.63, 3.8) is 0 Å². The number of fused-ring (bicyclic) bond motifs is 5. The Morgan fingerprint density at radius 2 is 1.41 bits per heavy atom. The summed E-state index contributed by atoms with van der Waals surface area (Å²) in [5.41, 5.74) is 4.98. The van der Waals surface area contributed by atoms with Crippen molar-refractivity contribution < 1.29 is 4.79 Å². The van der Waals surface area contributed by atoms with Crippen molar-refractivity contribution >= 4 is 56.7 Å². The van der Waals surface area contributed by atoms with Crippen molar-refractivity contribution in [3.8, 4) is 0 Å². The Morgan fingerprint density at radius 1 is 0.781 bits per heavy atom. The second-order valence-corrected chi connectivity index (χ2v) is 8.88. The fraction of sp³-hybridized carbons (Fsp3) is 0.0741. The van der Waals surface area contributed by atoms with Crippen LogP contribution in [-0.4, -0.2) is 10.6 Å². The summed E-state index contributed by atoms with van der Waals surface area (Å²) in [6.07, 6.45) is 0. The first-order chi connectivity index (χ1) is 15.7. The Kier molecular flexibility index (Phi) is 4.44. The topological polar surface area (TPSA) is 37.3 Å². The van der Waals surface area contributed by atoms with E-state index in [1.807, 2.05) is 42.5 Å². The third kappa shape index (κ3) is 2.89. The number of hydrogen-bond donors (Lipinski definition) is 1. The molecule has 1 aliphatic heterocycles. The van der Waals surface area contributed by atoms with Crippen LogP contribution in [0.4, 0.5) is 21.9 Å². The van der Waals surface area contributed by atoms with E-state index in [0.717, 1.165) is 38.8 Å². The number of hydrogen-bond acceptors (Lipinski definition) is 2. The van der Waals surface area contributed by atoms with Crippen LogP contribution < -0.4 is 10.2 Å². The molecule has 1 N–H and O–H groups in total. The van der Waals surface area contributed by atoms with E-state index in [2.05, 4.69) is 65.3 Å². The van der Waals surface area contributed by atoms with Gasteiger partial charge in [0.2, 0.25) is 0 Å². The second kappa shape index (κ2) is 7.46. The van der Waals surface area contributed by atoms with Crippen LogP contribution in [0.1, 0.15) is 6.92 Å². The van der Waals surface area contributed by atoms with Crippen LogP contribution in [0.2, 0.25) is 0 Å². The van der Waals surface area contributed by atoms with Crippen LogP contribution in [0.5, 0.6) is 0 Å². The minimum Gasteiger partial charge on any atom is -0.341 e. The van der Waals surface area contributed by atoms with Crippen LogP contribution in [0, 0.1) is 0 Å². The molecule has 0 saturated heterocycles.